The van der Waals surface area contributed by atoms with Gasteiger partial charge in [0.25, 0.3) is 0 Å². The van der Waals surface area contributed by atoms with Crippen LogP contribution in [0.25, 0.3) is 11.0 Å². The summed E-state index contributed by atoms with van der Waals surface area (Å²) in [5.41, 5.74) is 8.30. The summed E-state index contributed by atoms with van der Waals surface area (Å²) >= 11 is 1.71. The van der Waals surface area contributed by atoms with Gasteiger partial charge >= 0.3 is 0 Å². The number of hydrogen-bond donors (Lipinski definition) is 2. The SMILES string of the molecule is CC(c1cccs1)n1c(CO)nc2cc(N)ccc21. The van der Waals surface area contributed by atoms with Crippen LogP contribution in [0, 0.1) is 0 Å². The van der Waals surface area contributed by atoms with E-state index in [0.717, 1.165) is 11.0 Å². The standard InChI is InChI=1S/C14H15N3OS/c1-9(13-3-2-6-19-13)17-12-5-4-10(15)7-11(12)16-14(17)8-18/h2-7,9,18H,8,15H2,1H3. The number of nitrogens with zero attached hydrogens (tertiary/aromatic N) is 2. The van der Waals surface area contributed by atoms with E-state index in [2.05, 4.69) is 27.9 Å². The third-order valence-electron chi connectivity index (χ3n) is 3.27. The minimum Gasteiger partial charge on any atom is -0.399 e. The van der Waals surface area contributed by atoms with Gasteiger partial charge in [-0.05, 0) is 36.6 Å². The number of imidazole rings is 1. The normalized spacial score (nSPS) is 12.9. The van der Waals surface area contributed by atoms with E-state index in [1.807, 2.05) is 24.3 Å². The van der Waals surface area contributed by atoms with Crippen molar-refractivity contribution in [2.24, 2.45) is 0 Å². The molecule has 0 aliphatic carbocycles. The van der Waals surface area contributed by atoms with Crippen molar-refractivity contribution >= 4 is 28.1 Å². The zero-order chi connectivity index (χ0) is 13.4. The zero-order valence-corrected chi connectivity index (χ0v) is 11.4. The lowest BCUT2D eigenvalue weighted by Crippen LogP contribution is -2.09. The Morgan fingerprint density at radius 3 is 2.95 bits per heavy atom. The maximum atomic E-state index is 9.52. The first kappa shape index (κ1) is 12.2. The number of aromatic nitrogens is 2. The summed E-state index contributed by atoms with van der Waals surface area (Å²) in [6, 6.07) is 9.94. The first-order valence-corrected chi connectivity index (χ1v) is 6.99. The number of aliphatic hydroxyl groups excluding tert-OH is 1. The third kappa shape index (κ3) is 2.01. The quantitative estimate of drug-likeness (QED) is 0.721. The van der Waals surface area contributed by atoms with Crippen LogP contribution in [0.1, 0.15) is 23.7 Å². The van der Waals surface area contributed by atoms with Gasteiger partial charge in [-0.25, -0.2) is 4.98 Å². The molecule has 2 aromatic heterocycles. The van der Waals surface area contributed by atoms with Crippen LogP contribution in [0.4, 0.5) is 5.69 Å². The average molecular weight is 273 g/mol. The van der Waals surface area contributed by atoms with E-state index >= 15 is 0 Å². The fourth-order valence-electron chi connectivity index (χ4n) is 2.37. The molecule has 5 heteroatoms. The molecular weight excluding hydrogens is 258 g/mol. The molecular formula is C14H15N3OS. The largest absolute Gasteiger partial charge is 0.399 e. The lowest BCUT2D eigenvalue weighted by Gasteiger charge is -2.15. The first-order valence-electron chi connectivity index (χ1n) is 6.11. The van der Waals surface area contributed by atoms with Gasteiger partial charge in [0.2, 0.25) is 0 Å². The molecule has 2 heterocycles. The van der Waals surface area contributed by atoms with Crippen molar-refractivity contribution in [3.8, 4) is 0 Å². The molecule has 0 fully saturated rings. The van der Waals surface area contributed by atoms with Gasteiger partial charge in [-0.1, -0.05) is 6.07 Å². The minimum absolute atomic E-state index is 0.0791. The highest BCUT2D eigenvalue weighted by Crippen LogP contribution is 2.29. The van der Waals surface area contributed by atoms with Crippen molar-refractivity contribution in [3.05, 3.63) is 46.4 Å². The molecule has 0 amide bonds. The summed E-state index contributed by atoms with van der Waals surface area (Å²) in [5, 5.41) is 11.6. The van der Waals surface area contributed by atoms with Crippen LogP contribution in [0.5, 0.6) is 0 Å². The van der Waals surface area contributed by atoms with Crippen molar-refractivity contribution in [1.82, 2.24) is 9.55 Å². The van der Waals surface area contributed by atoms with E-state index in [1.165, 1.54) is 4.88 Å². The number of nitrogen functional groups attached to an aromatic ring is 1. The molecule has 0 saturated heterocycles. The third-order valence-corrected chi connectivity index (χ3v) is 4.31. The fraction of sp³-hybridized carbons (Fsp3) is 0.214. The van der Waals surface area contributed by atoms with Crippen LogP contribution in [-0.2, 0) is 6.61 Å². The van der Waals surface area contributed by atoms with E-state index in [1.54, 1.807) is 11.3 Å². The van der Waals surface area contributed by atoms with E-state index in [-0.39, 0.29) is 12.6 Å². The molecule has 3 N–H and O–H groups in total. The molecule has 1 aromatic carbocycles. The number of hydrogen-bond acceptors (Lipinski definition) is 4. The van der Waals surface area contributed by atoms with Gasteiger partial charge in [0, 0.05) is 10.6 Å². The van der Waals surface area contributed by atoms with Gasteiger partial charge < -0.3 is 15.4 Å². The number of fused-ring (bicyclic) bond motifs is 1. The Labute approximate surface area is 115 Å². The predicted octanol–water partition coefficient (Wildman–Crippen LogP) is 2.78. The summed E-state index contributed by atoms with van der Waals surface area (Å²) < 4.78 is 2.07. The van der Waals surface area contributed by atoms with E-state index in [0.29, 0.717) is 11.5 Å². The second-order valence-electron chi connectivity index (χ2n) is 4.50. The summed E-state index contributed by atoms with van der Waals surface area (Å²) in [6.07, 6.45) is 0. The van der Waals surface area contributed by atoms with Crippen molar-refractivity contribution in [2.45, 2.75) is 19.6 Å². The molecule has 0 radical (unpaired) electrons. The van der Waals surface area contributed by atoms with Crippen molar-refractivity contribution in [2.75, 3.05) is 5.73 Å². The molecule has 1 atom stereocenters. The van der Waals surface area contributed by atoms with Gasteiger partial charge in [-0.3, -0.25) is 0 Å². The summed E-state index contributed by atoms with van der Waals surface area (Å²) in [7, 11) is 0. The minimum atomic E-state index is -0.0791. The van der Waals surface area contributed by atoms with Crippen molar-refractivity contribution < 1.29 is 5.11 Å². The molecule has 0 saturated carbocycles. The molecule has 0 bridgehead atoms. The van der Waals surface area contributed by atoms with Crippen LogP contribution < -0.4 is 5.73 Å². The van der Waals surface area contributed by atoms with Crippen LogP contribution in [0.2, 0.25) is 0 Å². The number of nitrogens with two attached hydrogens (primary N) is 1. The number of benzene rings is 1. The smallest absolute Gasteiger partial charge is 0.136 e. The molecule has 19 heavy (non-hydrogen) atoms. The molecule has 4 nitrogen and oxygen atoms in total. The predicted molar refractivity (Wildman–Crippen MR) is 78.2 cm³/mol. The second kappa shape index (κ2) is 4.68. The maximum absolute atomic E-state index is 9.52. The number of thiophene rings is 1. The van der Waals surface area contributed by atoms with E-state index < -0.39 is 0 Å². The van der Waals surface area contributed by atoms with Gasteiger partial charge in [0.15, 0.2) is 0 Å². The Balaban J connectivity index is 2.21. The van der Waals surface area contributed by atoms with Crippen molar-refractivity contribution in [3.63, 3.8) is 0 Å². The van der Waals surface area contributed by atoms with Crippen LogP contribution in [0.3, 0.4) is 0 Å². The maximum Gasteiger partial charge on any atom is 0.136 e. The fourth-order valence-corrected chi connectivity index (χ4v) is 3.14. The summed E-state index contributed by atoms with van der Waals surface area (Å²) in [4.78, 5) is 5.70. The van der Waals surface area contributed by atoms with Crippen LogP contribution >= 0.6 is 11.3 Å². The highest BCUT2D eigenvalue weighted by atomic mass is 32.1. The monoisotopic (exact) mass is 273 g/mol. The van der Waals surface area contributed by atoms with Crippen molar-refractivity contribution in [1.29, 1.82) is 0 Å². The van der Waals surface area contributed by atoms with Crippen LogP contribution in [-0.4, -0.2) is 14.7 Å². The Morgan fingerprint density at radius 2 is 2.26 bits per heavy atom. The number of rotatable bonds is 3. The zero-order valence-electron chi connectivity index (χ0n) is 10.6. The molecule has 98 valence electrons. The number of anilines is 1. The molecule has 3 aromatic rings. The highest BCUT2D eigenvalue weighted by Gasteiger charge is 2.17. The Morgan fingerprint density at radius 1 is 1.42 bits per heavy atom. The van der Waals surface area contributed by atoms with E-state index in [9.17, 15) is 5.11 Å². The van der Waals surface area contributed by atoms with Gasteiger partial charge in [0.1, 0.15) is 12.4 Å². The lowest BCUT2D eigenvalue weighted by atomic mass is 10.2. The van der Waals surface area contributed by atoms with Gasteiger partial charge in [-0.15, -0.1) is 11.3 Å². The lowest BCUT2D eigenvalue weighted by molar-refractivity contribution is 0.264. The summed E-state index contributed by atoms with van der Waals surface area (Å²) in [6.45, 7) is 2.03. The summed E-state index contributed by atoms with van der Waals surface area (Å²) in [5.74, 6) is 0.668. The Hall–Kier alpha value is -1.85. The molecule has 3 rings (SSSR count). The Bertz CT molecular complexity index is 703. The molecule has 0 aliphatic heterocycles. The van der Waals surface area contributed by atoms with Gasteiger partial charge in [-0.2, -0.15) is 0 Å². The topological polar surface area (TPSA) is 64.1 Å². The molecule has 0 spiro atoms. The molecule has 0 aliphatic rings. The number of aliphatic hydroxyl groups is 1. The second-order valence-corrected chi connectivity index (χ2v) is 5.47. The Kier molecular flexibility index (Phi) is 3.00. The van der Waals surface area contributed by atoms with Crippen LogP contribution in [0.15, 0.2) is 35.7 Å². The van der Waals surface area contributed by atoms with Gasteiger partial charge in [0.05, 0.1) is 17.1 Å². The first-order chi connectivity index (χ1) is 9.20. The average Bonchev–Trinajstić information content (AvgIpc) is 3.04. The highest BCUT2D eigenvalue weighted by molar-refractivity contribution is 7.10. The van der Waals surface area contributed by atoms with E-state index in [4.69, 9.17) is 5.73 Å². The molecule has 1 unspecified atom stereocenters.